The highest BCUT2D eigenvalue weighted by Crippen LogP contribution is 2.23. The van der Waals surface area contributed by atoms with Crippen molar-refractivity contribution in [2.75, 3.05) is 13.7 Å². The van der Waals surface area contributed by atoms with Gasteiger partial charge in [0.05, 0.1) is 6.67 Å². The number of nitrogens with zero attached hydrogens (tertiary/aromatic N) is 1. The van der Waals surface area contributed by atoms with Crippen molar-refractivity contribution < 1.29 is 0 Å². The Kier molecular flexibility index (Phi) is 10.0. The molecule has 0 bridgehead atoms. The number of nitrogens with two attached hydrogens (primary N) is 1. The van der Waals surface area contributed by atoms with Crippen LogP contribution in [0, 0.1) is 0 Å². The van der Waals surface area contributed by atoms with Gasteiger partial charge in [0.1, 0.15) is 0 Å². The minimum atomic E-state index is -0.207. The summed E-state index contributed by atoms with van der Waals surface area (Å²) in [4.78, 5) is 4.35. The summed E-state index contributed by atoms with van der Waals surface area (Å²) in [5, 5.41) is 5.45. The van der Waals surface area contributed by atoms with Gasteiger partial charge in [0.25, 0.3) is 0 Å². The zero-order valence-electron chi connectivity index (χ0n) is 19.9. The molecule has 3 rings (SSSR count). The summed E-state index contributed by atoms with van der Waals surface area (Å²) in [7, 11) is 1.88. The van der Waals surface area contributed by atoms with Crippen molar-refractivity contribution >= 4 is 28.6 Å². The van der Waals surface area contributed by atoms with Crippen LogP contribution in [0.25, 0.3) is 22.4 Å². The fourth-order valence-electron chi connectivity index (χ4n) is 3.48. The number of benzene rings is 3. The number of nitrogens with one attached hydrogen (secondary N) is 1. The van der Waals surface area contributed by atoms with Gasteiger partial charge in [-0.2, -0.15) is 0 Å². The van der Waals surface area contributed by atoms with Crippen LogP contribution in [0.4, 0.5) is 0 Å². The van der Waals surface area contributed by atoms with Gasteiger partial charge in [-0.05, 0) is 59.1 Å². The number of rotatable bonds is 10. The van der Waals surface area contributed by atoms with E-state index in [0.717, 1.165) is 22.3 Å². The molecule has 34 heavy (non-hydrogen) atoms. The third kappa shape index (κ3) is 7.96. The van der Waals surface area contributed by atoms with E-state index in [1.807, 2.05) is 62.7 Å². The van der Waals surface area contributed by atoms with Crippen LogP contribution in [0.15, 0.2) is 120 Å². The first kappa shape index (κ1) is 24.8. The lowest BCUT2D eigenvalue weighted by atomic mass is 9.98. The average Bonchev–Trinajstić information content (AvgIpc) is 2.86. The van der Waals surface area contributed by atoms with Gasteiger partial charge in [0.2, 0.25) is 0 Å². The van der Waals surface area contributed by atoms with Crippen LogP contribution >= 0.6 is 0 Å². The SMILES string of the molecule is C\C=C/C=C\C=C\C(N)/C=C(\C=C\c1cccc(/C=N/CNC)c1)c1ccc2ccccc2c1. The van der Waals surface area contributed by atoms with Crippen molar-refractivity contribution in [3.05, 3.63) is 132 Å². The van der Waals surface area contributed by atoms with Gasteiger partial charge >= 0.3 is 0 Å². The van der Waals surface area contributed by atoms with Crippen LogP contribution < -0.4 is 11.1 Å². The summed E-state index contributed by atoms with van der Waals surface area (Å²) in [5.41, 5.74) is 10.8. The lowest BCUT2D eigenvalue weighted by molar-refractivity contribution is 0.838. The molecule has 3 nitrogen and oxygen atoms in total. The Morgan fingerprint density at radius 2 is 1.71 bits per heavy atom. The predicted molar refractivity (Wildman–Crippen MR) is 150 cm³/mol. The molecule has 0 aromatic heterocycles. The Hall–Kier alpha value is -3.79. The molecular weight excluding hydrogens is 414 g/mol. The Morgan fingerprint density at radius 1 is 0.912 bits per heavy atom. The standard InChI is InChI=1S/C31H33N3/c1-3-4-5-6-7-15-31(32)22-30(29-19-18-27-13-8-9-14-28(27)21-29)17-16-25-11-10-12-26(20-25)23-34-24-33-2/h3-23,31,33H,24,32H2,1-2H3/b4-3-,6-5-,15-7+,17-16+,30-22+,34-23+. The normalized spacial score (nSPS) is 14.0. The topological polar surface area (TPSA) is 50.4 Å². The minimum Gasteiger partial charge on any atom is -0.321 e. The molecule has 0 aliphatic heterocycles. The van der Waals surface area contributed by atoms with Gasteiger partial charge in [0.15, 0.2) is 0 Å². The molecule has 1 unspecified atom stereocenters. The molecule has 0 aliphatic carbocycles. The van der Waals surface area contributed by atoms with Crippen LogP contribution in [0.3, 0.4) is 0 Å². The third-order valence-electron chi connectivity index (χ3n) is 5.17. The highest BCUT2D eigenvalue weighted by molar-refractivity contribution is 5.89. The van der Waals surface area contributed by atoms with E-state index >= 15 is 0 Å². The Balaban J connectivity index is 1.91. The number of aliphatic imine (C=N–C) groups is 1. The summed E-state index contributed by atoms with van der Waals surface area (Å²) in [5.74, 6) is 0. The quantitative estimate of drug-likeness (QED) is 0.273. The summed E-state index contributed by atoms with van der Waals surface area (Å²) < 4.78 is 0. The number of hydrogen-bond donors (Lipinski definition) is 2. The van der Waals surface area contributed by atoms with Crippen LogP contribution in [-0.4, -0.2) is 26.0 Å². The van der Waals surface area contributed by atoms with Crippen LogP contribution in [0.1, 0.15) is 23.6 Å². The van der Waals surface area contributed by atoms with Crippen molar-refractivity contribution in [1.82, 2.24) is 5.32 Å². The first-order valence-corrected chi connectivity index (χ1v) is 11.5. The molecule has 0 fully saturated rings. The molecule has 0 heterocycles. The van der Waals surface area contributed by atoms with Gasteiger partial charge in [0, 0.05) is 12.3 Å². The zero-order valence-corrected chi connectivity index (χ0v) is 19.9. The monoisotopic (exact) mass is 447 g/mol. The molecule has 3 heteroatoms. The lowest BCUT2D eigenvalue weighted by Gasteiger charge is -2.08. The van der Waals surface area contributed by atoms with Gasteiger partial charge in [-0.1, -0.05) is 109 Å². The second-order valence-electron chi connectivity index (χ2n) is 7.88. The molecule has 3 aromatic rings. The zero-order chi connectivity index (χ0) is 24.0. The van der Waals surface area contributed by atoms with Crippen LogP contribution in [0.5, 0.6) is 0 Å². The maximum atomic E-state index is 6.43. The molecule has 0 amide bonds. The lowest BCUT2D eigenvalue weighted by Crippen LogP contribution is -2.13. The number of hydrogen-bond acceptors (Lipinski definition) is 3. The van der Waals surface area contributed by atoms with E-state index in [1.165, 1.54) is 10.8 Å². The molecule has 1 atom stereocenters. The van der Waals surface area contributed by atoms with Gasteiger partial charge < -0.3 is 11.1 Å². The van der Waals surface area contributed by atoms with Crippen molar-refractivity contribution in [2.45, 2.75) is 13.0 Å². The van der Waals surface area contributed by atoms with E-state index in [4.69, 9.17) is 5.73 Å². The van der Waals surface area contributed by atoms with Gasteiger partial charge in [-0.3, -0.25) is 4.99 Å². The molecule has 3 aromatic carbocycles. The van der Waals surface area contributed by atoms with Crippen LogP contribution in [-0.2, 0) is 0 Å². The smallest absolute Gasteiger partial charge is 0.0882 e. The van der Waals surface area contributed by atoms with Gasteiger partial charge in [-0.25, -0.2) is 0 Å². The first-order chi connectivity index (χ1) is 16.7. The van der Waals surface area contributed by atoms with E-state index in [2.05, 4.69) is 89.2 Å². The van der Waals surface area contributed by atoms with E-state index < -0.39 is 0 Å². The Labute approximate surface area is 203 Å². The maximum Gasteiger partial charge on any atom is 0.0882 e. The summed E-state index contributed by atoms with van der Waals surface area (Å²) in [6.45, 7) is 2.60. The molecule has 3 N–H and O–H groups in total. The van der Waals surface area contributed by atoms with Crippen molar-refractivity contribution in [1.29, 1.82) is 0 Å². The third-order valence-corrected chi connectivity index (χ3v) is 5.17. The number of fused-ring (bicyclic) bond motifs is 1. The first-order valence-electron chi connectivity index (χ1n) is 11.5. The van der Waals surface area contributed by atoms with Crippen molar-refractivity contribution in [2.24, 2.45) is 10.7 Å². The second-order valence-corrected chi connectivity index (χ2v) is 7.88. The van der Waals surface area contributed by atoms with Gasteiger partial charge in [-0.15, -0.1) is 0 Å². The van der Waals surface area contributed by atoms with E-state index in [0.29, 0.717) is 6.67 Å². The maximum absolute atomic E-state index is 6.43. The average molecular weight is 448 g/mol. The molecule has 172 valence electrons. The molecule has 0 radical (unpaired) electrons. The van der Waals surface area contributed by atoms with Crippen molar-refractivity contribution in [3.8, 4) is 0 Å². The largest absolute Gasteiger partial charge is 0.321 e. The minimum absolute atomic E-state index is 0.207. The van der Waals surface area contributed by atoms with E-state index in [-0.39, 0.29) is 6.04 Å². The second kappa shape index (κ2) is 13.7. The summed E-state index contributed by atoms with van der Waals surface area (Å²) in [6.07, 6.45) is 20.2. The molecule has 0 aliphatic rings. The van der Waals surface area contributed by atoms with Crippen molar-refractivity contribution in [3.63, 3.8) is 0 Å². The molecule has 0 saturated carbocycles. The summed E-state index contributed by atoms with van der Waals surface area (Å²) in [6, 6.07) is 23.0. The molecular formula is C31H33N3. The van der Waals surface area contributed by atoms with E-state index in [1.54, 1.807) is 0 Å². The Bertz CT molecular complexity index is 1240. The molecule has 0 spiro atoms. The number of allylic oxidation sites excluding steroid dienone is 7. The highest BCUT2D eigenvalue weighted by atomic mass is 15.0. The highest BCUT2D eigenvalue weighted by Gasteiger charge is 2.03. The molecule has 0 saturated heterocycles. The predicted octanol–water partition coefficient (Wildman–Crippen LogP) is 6.55. The Morgan fingerprint density at radius 3 is 2.53 bits per heavy atom. The summed E-state index contributed by atoms with van der Waals surface area (Å²) >= 11 is 0. The fraction of sp³-hybridized carbons (Fsp3) is 0.129. The van der Waals surface area contributed by atoms with E-state index in [9.17, 15) is 0 Å². The fourth-order valence-corrected chi connectivity index (χ4v) is 3.48. The van der Waals surface area contributed by atoms with Crippen LogP contribution in [0.2, 0.25) is 0 Å².